The molecular formula is C19H21FN2O2. The van der Waals surface area contributed by atoms with E-state index in [1.54, 1.807) is 12.1 Å². The SMILES string of the molecule is O=C(NC(CO)c1ccccc1)c1ccc(N2CCCC2)c(F)c1. The second-order valence-electron chi connectivity index (χ2n) is 5.98. The molecule has 2 N–H and O–H groups in total. The Morgan fingerprint density at radius 3 is 2.50 bits per heavy atom. The molecule has 1 aliphatic heterocycles. The smallest absolute Gasteiger partial charge is 0.251 e. The molecule has 126 valence electrons. The predicted octanol–water partition coefficient (Wildman–Crippen LogP) is 2.89. The van der Waals surface area contributed by atoms with Gasteiger partial charge in [0, 0.05) is 18.7 Å². The summed E-state index contributed by atoms with van der Waals surface area (Å²) in [5.41, 5.74) is 1.61. The minimum absolute atomic E-state index is 0.218. The van der Waals surface area contributed by atoms with Crippen LogP contribution in [0.2, 0.25) is 0 Å². The number of anilines is 1. The molecule has 0 aromatic heterocycles. The molecule has 3 rings (SSSR count). The summed E-state index contributed by atoms with van der Waals surface area (Å²) in [6, 6.07) is 13.3. The van der Waals surface area contributed by atoms with Crippen LogP contribution in [0, 0.1) is 5.82 Å². The van der Waals surface area contributed by atoms with Crippen LogP contribution >= 0.6 is 0 Å². The molecule has 1 heterocycles. The highest BCUT2D eigenvalue weighted by atomic mass is 19.1. The number of rotatable bonds is 5. The molecule has 0 aliphatic carbocycles. The second-order valence-corrected chi connectivity index (χ2v) is 5.98. The van der Waals surface area contributed by atoms with E-state index in [0.717, 1.165) is 31.5 Å². The van der Waals surface area contributed by atoms with Gasteiger partial charge in [0.1, 0.15) is 5.82 Å². The van der Waals surface area contributed by atoms with Gasteiger partial charge in [-0.25, -0.2) is 4.39 Å². The Labute approximate surface area is 140 Å². The van der Waals surface area contributed by atoms with Gasteiger partial charge in [-0.3, -0.25) is 4.79 Å². The first-order valence-corrected chi connectivity index (χ1v) is 8.20. The average Bonchev–Trinajstić information content (AvgIpc) is 3.14. The lowest BCUT2D eigenvalue weighted by molar-refractivity contribution is 0.0916. The fourth-order valence-corrected chi connectivity index (χ4v) is 3.02. The van der Waals surface area contributed by atoms with Crippen molar-refractivity contribution in [2.24, 2.45) is 0 Å². The number of amides is 1. The molecule has 4 nitrogen and oxygen atoms in total. The van der Waals surface area contributed by atoms with E-state index in [4.69, 9.17) is 0 Å². The number of aliphatic hydroxyl groups is 1. The zero-order valence-corrected chi connectivity index (χ0v) is 13.4. The molecule has 1 saturated heterocycles. The highest BCUT2D eigenvalue weighted by Gasteiger charge is 2.19. The molecule has 5 heteroatoms. The maximum absolute atomic E-state index is 14.3. The number of nitrogens with one attached hydrogen (secondary N) is 1. The van der Waals surface area contributed by atoms with Crippen molar-refractivity contribution >= 4 is 11.6 Å². The molecule has 24 heavy (non-hydrogen) atoms. The maximum atomic E-state index is 14.3. The van der Waals surface area contributed by atoms with Gasteiger partial charge >= 0.3 is 0 Å². The molecule has 1 atom stereocenters. The van der Waals surface area contributed by atoms with Crippen molar-refractivity contribution in [2.45, 2.75) is 18.9 Å². The van der Waals surface area contributed by atoms with Gasteiger partial charge in [-0.05, 0) is 36.6 Å². The van der Waals surface area contributed by atoms with Gasteiger partial charge in [-0.2, -0.15) is 0 Å². The second kappa shape index (κ2) is 7.45. The van der Waals surface area contributed by atoms with E-state index in [-0.39, 0.29) is 18.0 Å². The Hall–Kier alpha value is -2.40. The molecule has 1 aliphatic rings. The molecule has 1 amide bonds. The minimum Gasteiger partial charge on any atom is -0.394 e. The fourth-order valence-electron chi connectivity index (χ4n) is 3.02. The zero-order chi connectivity index (χ0) is 16.9. The van der Waals surface area contributed by atoms with Gasteiger partial charge in [-0.15, -0.1) is 0 Å². The van der Waals surface area contributed by atoms with Crippen LogP contribution in [0.4, 0.5) is 10.1 Å². The van der Waals surface area contributed by atoms with Gasteiger partial charge in [0.05, 0.1) is 18.3 Å². The Kier molecular flexibility index (Phi) is 5.11. The number of carbonyl (C=O) groups excluding carboxylic acids is 1. The lowest BCUT2D eigenvalue weighted by Crippen LogP contribution is -2.31. The lowest BCUT2D eigenvalue weighted by atomic mass is 10.1. The van der Waals surface area contributed by atoms with Crippen molar-refractivity contribution in [1.82, 2.24) is 5.32 Å². The monoisotopic (exact) mass is 328 g/mol. The van der Waals surface area contributed by atoms with E-state index in [2.05, 4.69) is 5.32 Å². The quantitative estimate of drug-likeness (QED) is 0.887. The molecule has 1 unspecified atom stereocenters. The van der Waals surface area contributed by atoms with Crippen LogP contribution in [-0.4, -0.2) is 30.7 Å². The van der Waals surface area contributed by atoms with Gasteiger partial charge in [0.2, 0.25) is 0 Å². The molecule has 0 radical (unpaired) electrons. The topological polar surface area (TPSA) is 52.6 Å². The number of aliphatic hydroxyl groups excluding tert-OH is 1. The van der Waals surface area contributed by atoms with Gasteiger partial charge in [0.15, 0.2) is 0 Å². The van der Waals surface area contributed by atoms with Gasteiger partial charge in [-0.1, -0.05) is 30.3 Å². The number of carbonyl (C=O) groups is 1. The number of nitrogens with zero attached hydrogens (tertiary/aromatic N) is 1. The summed E-state index contributed by atoms with van der Waals surface area (Å²) in [6.45, 7) is 1.48. The van der Waals surface area contributed by atoms with Gasteiger partial charge < -0.3 is 15.3 Å². The maximum Gasteiger partial charge on any atom is 0.251 e. The lowest BCUT2D eigenvalue weighted by Gasteiger charge is -2.20. The molecule has 0 spiro atoms. The van der Waals surface area contributed by atoms with Crippen molar-refractivity contribution < 1.29 is 14.3 Å². The summed E-state index contributed by atoms with van der Waals surface area (Å²) < 4.78 is 14.3. The number of hydrogen-bond acceptors (Lipinski definition) is 3. The van der Waals surface area contributed by atoms with Crippen LogP contribution < -0.4 is 10.2 Å². The summed E-state index contributed by atoms with van der Waals surface area (Å²) in [7, 11) is 0. The summed E-state index contributed by atoms with van der Waals surface area (Å²) in [6.07, 6.45) is 2.13. The van der Waals surface area contributed by atoms with E-state index >= 15 is 0 Å². The van der Waals surface area contributed by atoms with E-state index < -0.39 is 11.9 Å². The highest BCUT2D eigenvalue weighted by Crippen LogP contribution is 2.24. The minimum atomic E-state index is -0.514. The molecular weight excluding hydrogens is 307 g/mol. The molecule has 0 saturated carbocycles. The van der Waals surface area contributed by atoms with E-state index in [0.29, 0.717) is 5.69 Å². The van der Waals surface area contributed by atoms with Crippen molar-refractivity contribution in [3.63, 3.8) is 0 Å². The van der Waals surface area contributed by atoms with E-state index in [1.165, 1.54) is 6.07 Å². The van der Waals surface area contributed by atoms with E-state index in [9.17, 15) is 14.3 Å². The van der Waals surface area contributed by atoms with Crippen LogP contribution in [0.3, 0.4) is 0 Å². The summed E-state index contributed by atoms with van der Waals surface area (Å²) in [4.78, 5) is 14.4. The van der Waals surface area contributed by atoms with E-state index in [1.807, 2.05) is 35.2 Å². The van der Waals surface area contributed by atoms with Crippen molar-refractivity contribution in [1.29, 1.82) is 0 Å². The summed E-state index contributed by atoms with van der Waals surface area (Å²) in [5.74, 6) is -0.783. The Balaban J connectivity index is 1.73. The number of halogens is 1. The number of hydrogen-bond donors (Lipinski definition) is 2. The standard InChI is InChI=1S/C19H21FN2O2/c20-16-12-15(8-9-18(16)22-10-4-5-11-22)19(24)21-17(13-23)14-6-2-1-3-7-14/h1-3,6-9,12,17,23H,4-5,10-11,13H2,(H,21,24). The van der Waals surface area contributed by atoms with Crippen molar-refractivity contribution in [3.05, 3.63) is 65.5 Å². The largest absolute Gasteiger partial charge is 0.394 e. The van der Waals surface area contributed by atoms with Gasteiger partial charge in [0.25, 0.3) is 5.91 Å². The van der Waals surface area contributed by atoms with Crippen LogP contribution in [0.25, 0.3) is 0 Å². The normalized spacial score (nSPS) is 15.3. The first kappa shape index (κ1) is 16.5. The Morgan fingerprint density at radius 1 is 1.17 bits per heavy atom. The van der Waals surface area contributed by atoms with Crippen LogP contribution in [-0.2, 0) is 0 Å². The predicted molar refractivity (Wildman–Crippen MR) is 91.6 cm³/mol. The molecule has 2 aromatic rings. The summed E-state index contributed by atoms with van der Waals surface area (Å²) in [5, 5.41) is 12.3. The van der Waals surface area contributed by atoms with Crippen molar-refractivity contribution in [2.75, 3.05) is 24.6 Å². The third-order valence-electron chi connectivity index (χ3n) is 4.35. The average molecular weight is 328 g/mol. The molecule has 0 bridgehead atoms. The summed E-state index contributed by atoms with van der Waals surface area (Å²) >= 11 is 0. The van der Waals surface area contributed by atoms with Crippen molar-refractivity contribution in [3.8, 4) is 0 Å². The highest BCUT2D eigenvalue weighted by molar-refractivity contribution is 5.94. The first-order chi connectivity index (χ1) is 11.7. The zero-order valence-electron chi connectivity index (χ0n) is 13.4. The third kappa shape index (κ3) is 3.57. The van der Waals surface area contributed by atoms with Crippen LogP contribution in [0.5, 0.6) is 0 Å². The number of benzene rings is 2. The fraction of sp³-hybridized carbons (Fsp3) is 0.316. The van der Waals surface area contributed by atoms with Crippen LogP contribution in [0.1, 0.15) is 34.8 Å². The Bertz CT molecular complexity index is 700. The third-order valence-corrected chi connectivity index (χ3v) is 4.35. The molecule has 2 aromatic carbocycles. The first-order valence-electron chi connectivity index (χ1n) is 8.20. The molecule has 1 fully saturated rings. The Morgan fingerprint density at radius 2 is 1.88 bits per heavy atom. The van der Waals surface area contributed by atoms with Crippen LogP contribution in [0.15, 0.2) is 48.5 Å².